The van der Waals surface area contributed by atoms with Crippen molar-refractivity contribution in [2.75, 3.05) is 33.9 Å². The molecule has 2 saturated heterocycles. The van der Waals surface area contributed by atoms with Gasteiger partial charge in [-0.2, -0.15) is 0 Å². The monoisotopic (exact) mass is 716 g/mol. The molecule has 11 nitrogen and oxygen atoms in total. The van der Waals surface area contributed by atoms with E-state index in [9.17, 15) is 9.59 Å². The third-order valence-electron chi connectivity index (χ3n) is 9.39. The fraction of sp³-hybridized carbons (Fsp3) is 0.351. The number of methoxy groups -OCH3 is 2. The summed E-state index contributed by atoms with van der Waals surface area (Å²) in [5.41, 5.74) is 5.93. The molecule has 2 aromatic heterocycles. The van der Waals surface area contributed by atoms with Gasteiger partial charge in [0, 0.05) is 78.4 Å². The third-order valence-corrected chi connectivity index (χ3v) is 10.2. The van der Waals surface area contributed by atoms with Gasteiger partial charge in [0.2, 0.25) is 23.6 Å². The maximum absolute atomic E-state index is 11.6. The molecule has 3 aliphatic rings. The summed E-state index contributed by atoms with van der Waals surface area (Å²) in [5.74, 6) is 1.80. The van der Waals surface area contributed by atoms with Crippen molar-refractivity contribution in [2.45, 2.75) is 50.4 Å². The quantitative estimate of drug-likeness (QED) is 0.151. The Kier molecular flexibility index (Phi) is 10.1. The zero-order chi connectivity index (χ0) is 34.8. The minimum Gasteiger partial charge on any atom is -0.491 e. The fourth-order valence-electron chi connectivity index (χ4n) is 6.79. The first-order valence-corrected chi connectivity index (χ1v) is 17.4. The summed E-state index contributed by atoms with van der Waals surface area (Å²) < 4.78 is 17.5. The van der Waals surface area contributed by atoms with E-state index < -0.39 is 0 Å². The van der Waals surface area contributed by atoms with Gasteiger partial charge in [-0.25, -0.2) is 9.97 Å². The first kappa shape index (κ1) is 34.0. The molecule has 2 amide bonds. The van der Waals surface area contributed by atoms with Crippen molar-refractivity contribution in [3.63, 3.8) is 0 Å². The van der Waals surface area contributed by atoms with E-state index in [1.165, 1.54) is 0 Å². The molecule has 7 rings (SSSR count). The van der Waals surface area contributed by atoms with Crippen LogP contribution in [0, 0.1) is 0 Å². The van der Waals surface area contributed by atoms with Crippen molar-refractivity contribution < 1.29 is 23.8 Å². The van der Waals surface area contributed by atoms with Gasteiger partial charge in [-0.15, -0.1) is 0 Å². The van der Waals surface area contributed by atoms with Crippen molar-refractivity contribution in [3.8, 4) is 51.2 Å². The summed E-state index contributed by atoms with van der Waals surface area (Å²) in [7, 11) is 3.18. The van der Waals surface area contributed by atoms with Gasteiger partial charge in [0.1, 0.15) is 12.4 Å². The van der Waals surface area contributed by atoms with Gasteiger partial charge in [-0.1, -0.05) is 65.7 Å². The number of halogens is 2. The molecule has 3 aliphatic heterocycles. The van der Waals surface area contributed by atoms with Gasteiger partial charge >= 0.3 is 0 Å². The van der Waals surface area contributed by atoms with Crippen molar-refractivity contribution >= 4 is 35.0 Å². The largest absolute Gasteiger partial charge is 0.491 e. The van der Waals surface area contributed by atoms with E-state index >= 15 is 0 Å². The lowest BCUT2D eigenvalue weighted by molar-refractivity contribution is -0.120. The predicted octanol–water partition coefficient (Wildman–Crippen LogP) is 5.47. The highest BCUT2D eigenvalue weighted by Gasteiger charge is 2.32. The predicted molar refractivity (Wildman–Crippen MR) is 192 cm³/mol. The van der Waals surface area contributed by atoms with Crippen LogP contribution in [0.25, 0.3) is 33.6 Å². The number of carbonyl (C=O) groups is 2. The van der Waals surface area contributed by atoms with E-state index in [1.54, 1.807) is 14.2 Å². The number of fused-ring (bicyclic) bond motifs is 1. The number of pyridine rings is 2. The zero-order valence-corrected chi connectivity index (χ0v) is 29.3. The van der Waals surface area contributed by atoms with Gasteiger partial charge in [-0.05, 0) is 18.9 Å². The molecular formula is C37H38Cl2N6O5. The second-order valence-corrected chi connectivity index (χ2v) is 13.4. The van der Waals surface area contributed by atoms with Crippen LogP contribution in [0.1, 0.15) is 42.9 Å². The first-order valence-electron chi connectivity index (χ1n) is 16.7. The average Bonchev–Trinajstić information content (AvgIpc) is 3.86. The second-order valence-electron chi connectivity index (χ2n) is 12.6. The number of amides is 2. The number of rotatable bonds is 12. The Balaban J connectivity index is 1.13. The minimum absolute atomic E-state index is 0.0828. The molecule has 0 aliphatic carbocycles. The van der Waals surface area contributed by atoms with Gasteiger partial charge in [0.15, 0.2) is 0 Å². The highest BCUT2D eigenvalue weighted by atomic mass is 35.5. The van der Waals surface area contributed by atoms with E-state index in [-0.39, 0.29) is 29.9 Å². The maximum atomic E-state index is 11.6. The molecule has 0 spiro atoms. The van der Waals surface area contributed by atoms with Gasteiger partial charge in [-0.3, -0.25) is 9.59 Å². The molecule has 0 unspecified atom stereocenters. The summed E-state index contributed by atoms with van der Waals surface area (Å²) in [6.07, 6.45) is 2.76. The highest BCUT2D eigenvalue weighted by molar-refractivity contribution is 6.39. The van der Waals surface area contributed by atoms with Gasteiger partial charge < -0.3 is 35.5 Å². The first-order chi connectivity index (χ1) is 24.3. The normalized spacial score (nSPS) is 19.6. The van der Waals surface area contributed by atoms with E-state index in [2.05, 4.69) is 21.3 Å². The van der Waals surface area contributed by atoms with E-state index in [0.717, 1.165) is 40.7 Å². The van der Waals surface area contributed by atoms with Gasteiger partial charge in [0.05, 0.1) is 47.3 Å². The Morgan fingerprint density at radius 2 is 1.40 bits per heavy atom. The molecule has 2 aromatic carbocycles. The second kappa shape index (κ2) is 14.8. The van der Waals surface area contributed by atoms with Crippen LogP contribution in [0.15, 0.2) is 54.6 Å². The van der Waals surface area contributed by atoms with Crippen LogP contribution in [0.5, 0.6) is 17.5 Å². The molecular weight excluding hydrogens is 679 g/mol. The Morgan fingerprint density at radius 3 is 2.02 bits per heavy atom. The Hall–Kier alpha value is -4.42. The smallest absolute Gasteiger partial charge is 0.222 e. The topological polar surface area (TPSA) is 136 Å². The zero-order valence-electron chi connectivity index (χ0n) is 27.8. The summed E-state index contributed by atoms with van der Waals surface area (Å²) in [4.78, 5) is 32.8. The number of hydrogen-bond donors (Lipinski definition) is 4. The van der Waals surface area contributed by atoms with Crippen LogP contribution in [-0.4, -0.2) is 67.8 Å². The molecule has 50 heavy (non-hydrogen) atoms. The summed E-state index contributed by atoms with van der Waals surface area (Å²) >= 11 is 14.2. The molecule has 5 heterocycles. The summed E-state index contributed by atoms with van der Waals surface area (Å²) in [6, 6.07) is 17.4. The lowest BCUT2D eigenvalue weighted by Crippen LogP contribution is -2.37. The fourth-order valence-corrected chi connectivity index (χ4v) is 7.44. The molecule has 0 saturated carbocycles. The van der Waals surface area contributed by atoms with Crippen LogP contribution < -0.4 is 35.5 Å². The Labute approximate surface area is 300 Å². The molecule has 13 heteroatoms. The van der Waals surface area contributed by atoms with Crippen molar-refractivity contribution in [2.24, 2.45) is 0 Å². The van der Waals surface area contributed by atoms with Crippen molar-refractivity contribution in [1.82, 2.24) is 31.2 Å². The molecule has 3 atom stereocenters. The van der Waals surface area contributed by atoms with E-state index in [0.29, 0.717) is 83.6 Å². The minimum atomic E-state index is -0.124. The molecule has 0 bridgehead atoms. The maximum Gasteiger partial charge on any atom is 0.222 e. The van der Waals surface area contributed by atoms with Gasteiger partial charge in [0.25, 0.3) is 0 Å². The third kappa shape index (κ3) is 6.96. The lowest BCUT2D eigenvalue weighted by Gasteiger charge is -2.18. The van der Waals surface area contributed by atoms with Crippen LogP contribution in [0.2, 0.25) is 10.0 Å². The average molecular weight is 718 g/mol. The molecule has 0 radical (unpaired) electrons. The summed E-state index contributed by atoms with van der Waals surface area (Å²) in [6.45, 7) is 2.27. The standard InChI is InChI=1S/C37H38Cl2N6O5/c1-48-36-20(16-40-17-21-10-13-31(46)42-21)9-12-27(44-36)25-7-3-5-23(34(25)38)24-6-4-8-26(35(24)39)28-15-30-33(37(45-28)49-2)29(19-50-30)41-18-22-11-14-32(47)43-22/h3-9,12,15,21-22,29,40-41H,10-11,13-14,16-19H2,1-2H3,(H,42,46)(H,43,47)/t21-,22-,29+/m0/s1. The molecule has 2 fully saturated rings. The van der Waals surface area contributed by atoms with E-state index in [1.807, 2.05) is 54.6 Å². The Morgan fingerprint density at radius 1 is 0.800 bits per heavy atom. The number of ether oxygens (including phenoxy) is 3. The summed E-state index contributed by atoms with van der Waals surface area (Å²) in [5, 5.41) is 13.8. The van der Waals surface area contributed by atoms with Crippen LogP contribution in [0.4, 0.5) is 0 Å². The number of aromatic nitrogens is 2. The lowest BCUT2D eigenvalue weighted by atomic mass is 9.97. The molecule has 260 valence electrons. The van der Waals surface area contributed by atoms with Crippen molar-refractivity contribution in [3.05, 3.63) is 75.8 Å². The SMILES string of the molecule is COc1nc(-c2cccc(-c3cccc(-c4cc5c(c(OC)n4)[C@H](NC[C@@H]4CCC(=O)N4)CO5)c3Cl)c2Cl)ccc1CNC[C@@H]1CCC(=O)N1. The van der Waals surface area contributed by atoms with Crippen LogP contribution in [0.3, 0.4) is 0 Å². The molecule has 4 aromatic rings. The number of nitrogens with one attached hydrogen (secondary N) is 4. The van der Waals surface area contributed by atoms with Crippen LogP contribution in [-0.2, 0) is 16.1 Å². The van der Waals surface area contributed by atoms with Crippen LogP contribution >= 0.6 is 23.2 Å². The van der Waals surface area contributed by atoms with E-state index in [4.69, 9.17) is 47.4 Å². The number of nitrogens with zero attached hydrogens (tertiary/aromatic N) is 2. The Bertz CT molecular complexity index is 1940. The number of benzene rings is 2. The highest BCUT2D eigenvalue weighted by Crippen LogP contribution is 2.45. The molecule has 4 N–H and O–H groups in total. The number of hydrogen-bond acceptors (Lipinski definition) is 9. The number of carbonyl (C=O) groups excluding carboxylic acids is 2. The van der Waals surface area contributed by atoms with Crippen molar-refractivity contribution in [1.29, 1.82) is 0 Å².